The second-order valence-corrected chi connectivity index (χ2v) is 8.00. The van der Waals surface area contributed by atoms with E-state index in [1.807, 2.05) is 60.7 Å². The predicted molar refractivity (Wildman–Crippen MR) is 124 cm³/mol. The summed E-state index contributed by atoms with van der Waals surface area (Å²) >= 11 is 4.53. The minimum absolute atomic E-state index is 0.270. The second kappa shape index (κ2) is 12.8. The molecule has 0 N–H and O–H groups in total. The number of carbonyl (C=O) groups is 1. The van der Waals surface area contributed by atoms with Gasteiger partial charge in [0.25, 0.3) is 0 Å². The largest absolute Gasteiger partial charge is 0.456 e. The summed E-state index contributed by atoms with van der Waals surface area (Å²) in [5.74, 6) is -0.439. The van der Waals surface area contributed by atoms with Gasteiger partial charge in [0.1, 0.15) is 23.7 Å². The third-order valence-corrected chi connectivity index (χ3v) is 5.41. The molecule has 6 nitrogen and oxygen atoms in total. The Balaban J connectivity index is 1.75. The molecule has 1 heterocycles. The molecule has 1 aliphatic heterocycles. The van der Waals surface area contributed by atoms with E-state index in [1.54, 1.807) is 6.08 Å². The maximum Gasteiger partial charge on any atom is 0.303 e. The molecule has 2 aromatic carbocycles. The second-order valence-electron chi connectivity index (χ2n) is 7.49. The molecule has 3 rings (SSSR count). The average molecular weight is 459 g/mol. The first kappa shape index (κ1) is 24.5. The molecule has 1 saturated heterocycles. The molecule has 0 unspecified atom stereocenters. The van der Waals surface area contributed by atoms with Gasteiger partial charge in [-0.15, -0.1) is 19.2 Å². The molecule has 1 fully saturated rings. The van der Waals surface area contributed by atoms with Crippen LogP contribution in [0.4, 0.5) is 0 Å². The van der Waals surface area contributed by atoms with Gasteiger partial charge in [0.05, 0.1) is 26.4 Å². The van der Waals surface area contributed by atoms with Crippen LogP contribution >= 0.6 is 12.6 Å². The smallest absolute Gasteiger partial charge is 0.303 e. The van der Waals surface area contributed by atoms with Gasteiger partial charge < -0.3 is 23.7 Å². The fourth-order valence-corrected chi connectivity index (χ4v) is 3.94. The zero-order chi connectivity index (χ0) is 22.8. The number of thiol groups is 1. The number of hydrogen-bond donors (Lipinski definition) is 1. The minimum atomic E-state index is -0.734. The molecular formula is C25H30O6S. The average Bonchev–Trinajstić information content (AvgIpc) is 2.80. The Morgan fingerprint density at radius 2 is 1.59 bits per heavy atom. The van der Waals surface area contributed by atoms with Crippen LogP contribution < -0.4 is 0 Å². The Hall–Kier alpha value is -2.16. The Kier molecular flexibility index (Phi) is 9.77. The summed E-state index contributed by atoms with van der Waals surface area (Å²) in [4.78, 5) is 11.7. The lowest BCUT2D eigenvalue weighted by Gasteiger charge is -2.44. The first-order valence-electron chi connectivity index (χ1n) is 10.6. The zero-order valence-corrected chi connectivity index (χ0v) is 19.1. The quantitative estimate of drug-likeness (QED) is 0.313. The fraction of sp³-hybridized carbons (Fsp3) is 0.400. The number of ether oxygens (including phenoxy) is 5. The Bertz CT molecular complexity index is 831. The van der Waals surface area contributed by atoms with Crippen LogP contribution in [-0.2, 0) is 41.7 Å². The summed E-state index contributed by atoms with van der Waals surface area (Å²) in [6.07, 6.45) is -0.697. The molecule has 172 valence electrons. The van der Waals surface area contributed by atoms with Crippen LogP contribution in [0.3, 0.4) is 0 Å². The summed E-state index contributed by atoms with van der Waals surface area (Å²) in [5.41, 5.74) is 1.39. The van der Waals surface area contributed by atoms with Gasteiger partial charge in [-0.25, -0.2) is 0 Å². The van der Waals surface area contributed by atoms with Crippen molar-refractivity contribution in [2.24, 2.45) is 0 Å². The van der Waals surface area contributed by atoms with Crippen LogP contribution in [0.25, 0.3) is 0 Å². The molecule has 0 aliphatic carbocycles. The first-order chi connectivity index (χ1) is 15.6. The molecular weight excluding hydrogens is 428 g/mol. The van der Waals surface area contributed by atoms with E-state index in [1.165, 1.54) is 6.92 Å². The van der Waals surface area contributed by atoms with E-state index < -0.39 is 35.8 Å². The van der Waals surface area contributed by atoms with Gasteiger partial charge in [0.15, 0.2) is 6.10 Å². The van der Waals surface area contributed by atoms with Crippen molar-refractivity contribution in [2.75, 3.05) is 13.2 Å². The van der Waals surface area contributed by atoms with E-state index >= 15 is 0 Å². The Morgan fingerprint density at radius 3 is 2.19 bits per heavy atom. The maximum absolute atomic E-state index is 11.7. The molecule has 0 bridgehead atoms. The number of esters is 1. The molecule has 1 aliphatic rings. The molecule has 2 aromatic rings. The van der Waals surface area contributed by atoms with Crippen molar-refractivity contribution in [1.82, 2.24) is 0 Å². The highest BCUT2D eigenvalue weighted by Gasteiger charge is 2.48. The summed E-state index contributed by atoms with van der Waals surface area (Å²) in [7, 11) is 0. The highest BCUT2D eigenvalue weighted by Crippen LogP contribution is 2.31. The molecule has 0 radical (unpaired) electrons. The Labute approximate surface area is 194 Å². The van der Waals surface area contributed by atoms with Crippen LogP contribution in [0.15, 0.2) is 73.3 Å². The van der Waals surface area contributed by atoms with E-state index in [4.69, 9.17) is 23.7 Å². The molecule has 0 saturated carbocycles. The van der Waals surface area contributed by atoms with E-state index in [0.717, 1.165) is 11.1 Å². The number of carbonyl (C=O) groups excluding carboxylic acids is 1. The van der Waals surface area contributed by atoms with Gasteiger partial charge in [0, 0.05) is 6.92 Å². The zero-order valence-electron chi connectivity index (χ0n) is 18.2. The fourth-order valence-electron chi connectivity index (χ4n) is 3.55. The highest BCUT2D eigenvalue weighted by molar-refractivity contribution is 7.80. The van der Waals surface area contributed by atoms with Crippen molar-refractivity contribution in [3.63, 3.8) is 0 Å². The van der Waals surface area contributed by atoms with E-state index in [2.05, 4.69) is 19.2 Å². The van der Waals surface area contributed by atoms with E-state index in [-0.39, 0.29) is 13.2 Å². The van der Waals surface area contributed by atoms with Gasteiger partial charge in [-0.1, -0.05) is 66.7 Å². The van der Waals surface area contributed by atoms with Crippen molar-refractivity contribution in [3.05, 3.63) is 84.4 Å². The van der Waals surface area contributed by atoms with Crippen molar-refractivity contribution < 1.29 is 28.5 Å². The lowest BCUT2D eigenvalue weighted by Crippen LogP contribution is -2.60. The molecule has 5 atom stereocenters. The third kappa shape index (κ3) is 7.18. The van der Waals surface area contributed by atoms with Gasteiger partial charge >= 0.3 is 5.97 Å². The Morgan fingerprint density at radius 1 is 0.969 bits per heavy atom. The predicted octanol–water partition coefficient (Wildman–Crippen LogP) is 3.95. The van der Waals surface area contributed by atoms with Crippen molar-refractivity contribution in [1.29, 1.82) is 0 Å². The minimum Gasteiger partial charge on any atom is -0.456 e. The summed E-state index contributed by atoms with van der Waals surface area (Å²) in [5, 5.41) is 0. The van der Waals surface area contributed by atoms with Crippen LogP contribution in [0.2, 0.25) is 0 Å². The topological polar surface area (TPSA) is 63.2 Å². The molecule has 0 amide bonds. The molecule has 7 heteroatoms. The van der Waals surface area contributed by atoms with Crippen LogP contribution in [0.5, 0.6) is 0 Å². The van der Waals surface area contributed by atoms with E-state index in [9.17, 15) is 4.79 Å². The molecule has 0 aromatic heterocycles. The van der Waals surface area contributed by atoms with E-state index in [0.29, 0.717) is 13.2 Å². The lowest BCUT2D eigenvalue weighted by molar-refractivity contribution is -0.244. The third-order valence-electron chi connectivity index (χ3n) is 5.00. The van der Waals surface area contributed by atoms with Crippen LogP contribution in [0.1, 0.15) is 18.1 Å². The molecule has 32 heavy (non-hydrogen) atoms. The molecule has 0 spiro atoms. The van der Waals surface area contributed by atoms with Gasteiger partial charge in [-0.05, 0) is 11.1 Å². The SMILES string of the molecule is C=CCO[C@@H]1[C@@H](OC(C)=O)[C@H](S)O[C@H](COCc2ccccc2)[C@H]1OCc1ccccc1. The van der Waals surface area contributed by atoms with Gasteiger partial charge in [-0.3, -0.25) is 4.79 Å². The van der Waals surface area contributed by atoms with Gasteiger partial charge in [-0.2, -0.15) is 0 Å². The standard InChI is InChI=1S/C25H30O6S/c1-3-14-28-23-22(29-16-20-12-8-5-9-13-20)21(31-25(32)24(23)30-18(2)26)17-27-15-19-10-6-4-7-11-19/h3-13,21-25,32H,1,14-17H2,2H3/t21-,22-,23+,24-,25+/m1/s1. The lowest BCUT2D eigenvalue weighted by atomic mass is 9.99. The normalized spacial score (nSPS) is 25.2. The van der Waals surface area contributed by atoms with Crippen molar-refractivity contribution >= 4 is 18.6 Å². The number of rotatable bonds is 11. The van der Waals surface area contributed by atoms with Gasteiger partial charge in [0.2, 0.25) is 0 Å². The first-order valence-corrected chi connectivity index (χ1v) is 11.1. The number of benzene rings is 2. The highest BCUT2D eigenvalue weighted by atomic mass is 32.1. The number of hydrogen-bond acceptors (Lipinski definition) is 7. The monoisotopic (exact) mass is 458 g/mol. The van der Waals surface area contributed by atoms with Crippen LogP contribution in [-0.4, -0.2) is 49.0 Å². The maximum atomic E-state index is 11.7. The summed E-state index contributed by atoms with van der Waals surface area (Å²) in [6, 6.07) is 19.7. The summed E-state index contributed by atoms with van der Waals surface area (Å²) in [6.45, 7) is 6.40. The van der Waals surface area contributed by atoms with Crippen molar-refractivity contribution in [3.8, 4) is 0 Å². The van der Waals surface area contributed by atoms with Crippen LogP contribution in [0, 0.1) is 0 Å². The van der Waals surface area contributed by atoms with Crippen molar-refractivity contribution in [2.45, 2.75) is 50.0 Å². The summed E-state index contributed by atoms with van der Waals surface area (Å²) < 4.78 is 29.8.